The zero-order valence-corrected chi connectivity index (χ0v) is 11.6. The van der Waals surface area contributed by atoms with Gasteiger partial charge in [-0.3, -0.25) is 4.98 Å². The molecule has 0 unspecified atom stereocenters. The largest absolute Gasteiger partial charge is 0.310 e. The van der Waals surface area contributed by atoms with Gasteiger partial charge in [0, 0.05) is 25.5 Å². The van der Waals surface area contributed by atoms with Crippen LogP contribution in [0, 0.1) is 6.92 Å². The molecule has 1 rings (SSSR count). The molecule has 0 bridgehead atoms. The standard InChI is InChI=1S/C12H20N2O2S/c1-10-6-5-7-14-11(10)8-13-9-12(2,3)17(4,15)16/h5-7,13H,8-9H2,1-4H3. The third-order valence-corrected chi connectivity index (χ3v) is 5.12. The lowest BCUT2D eigenvalue weighted by Gasteiger charge is -2.22. The average Bonchev–Trinajstić information content (AvgIpc) is 2.19. The number of pyridine rings is 1. The van der Waals surface area contributed by atoms with Crippen LogP contribution in [0.2, 0.25) is 0 Å². The van der Waals surface area contributed by atoms with Gasteiger partial charge in [-0.1, -0.05) is 6.07 Å². The molecule has 0 fully saturated rings. The Balaban J connectivity index is 2.58. The van der Waals surface area contributed by atoms with E-state index in [4.69, 9.17) is 0 Å². The first kappa shape index (κ1) is 14.1. The van der Waals surface area contributed by atoms with Crippen LogP contribution < -0.4 is 5.32 Å². The Labute approximate surface area is 103 Å². The Morgan fingerprint density at radius 1 is 1.41 bits per heavy atom. The number of sulfone groups is 1. The van der Waals surface area contributed by atoms with Crippen molar-refractivity contribution in [2.75, 3.05) is 12.8 Å². The van der Waals surface area contributed by atoms with Crippen molar-refractivity contribution in [3.8, 4) is 0 Å². The highest BCUT2D eigenvalue weighted by molar-refractivity contribution is 7.92. The number of aromatic nitrogens is 1. The molecule has 1 heterocycles. The van der Waals surface area contributed by atoms with E-state index in [0.717, 1.165) is 11.3 Å². The second-order valence-corrected chi connectivity index (χ2v) is 7.55. The fraction of sp³-hybridized carbons (Fsp3) is 0.583. The number of aryl methyl sites for hydroxylation is 1. The van der Waals surface area contributed by atoms with Crippen molar-refractivity contribution < 1.29 is 8.42 Å². The van der Waals surface area contributed by atoms with Crippen molar-refractivity contribution >= 4 is 9.84 Å². The van der Waals surface area contributed by atoms with E-state index in [2.05, 4.69) is 10.3 Å². The summed E-state index contributed by atoms with van der Waals surface area (Å²) in [6.07, 6.45) is 3.01. The quantitative estimate of drug-likeness (QED) is 0.863. The van der Waals surface area contributed by atoms with Gasteiger partial charge >= 0.3 is 0 Å². The number of nitrogens with zero attached hydrogens (tertiary/aromatic N) is 1. The van der Waals surface area contributed by atoms with Gasteiger partial charge in [0.2, 0.25) is 0 Å². The molecule has 17 heavy (non-hydrogen) atoms. The highest BCUT2D eigenvalue weighted by Gasteiger charge is 2.29. The summed E-state index contributed by atoms with van der Waals surface area (Å²) in [7, 11) is -3.05. The van der Waals surface area contributed by atoms with Gasteiger partial charge < -0.3 is 5.32 Å². The second-order valence-electron chi connectivity index (χ2n) is 4.90. The van der Waals surface area contributed by atoms with Gasteiger partial charge in [-0.25, -0.2) is 8.42 Å². The molecule has 0 aliphatic rings. The molecule has 4 nitrogen and oxygen atoms in total. The molecule has 1 aromatic rings. The van der Waals surface area contributed by atoms with Gasteiger partial charge in [-0.05, 0) is 32.4 Å². The van der Waals surface area contributed by atoms with E-state index in [-0.39, 0.29) is 0 Å². The fourth-order valence-electron chi connectivity index (χ4n) is 1.32. The third kappa shape index (κ3) is 3.78. The van der Waals surface area contributed by atoms with Gasteiger partial charge in [0.1, 0.15) is 0 Å². The molecular formula is C12H20N2O2S. The highest BCUT2D eigenvalue weighted by atomic mass is 32.2. The van der Waals surface area contributed by atoms with Gasteiger partial charge in [0.25, 0.3) is 0 Å². The van der Waals surface area contributed by atoms with Crippen LogP contribution in [0.1, 0.15) is 25.1 Å². The van der Waals surface area contributed by atoms with Crippen molar-refractivity contribution in [1.82, 2.24) is 10.3 Å². The Morgan fingerprint density at radius 2 is 2.06 bits per heavy atom. The highest BCUT2D eigenvalue weighted by Crippen LogP contribution is 2.13. The van der Waals surface area contributed by atoms with Crippen LogP contribution >= 0.6 is 0 Å². The topological polar surface area (TPSA) is 59.1 Å². The molecule has 0 aliphatic heterocycles. The lowest BCUT2D eigenvalue weighted by Crippen LogP contribution is -2.41. The molecule has 1 aromatic heterocycles. The summed E-state index contributed by atoms with van der Waals surface area (Å²) in [6.45, 7) is 6.44. The molecule has 0 spiro atoms. The molecule has 0 amide bonds. The summed E-state index contributed by atoms with van der Waals surface area (Å²) < 4.78 is 22.3. The van der Waals surface area contributed by atoms with E-state index in [1.807, 2.05) is 19.1 Å². The predicted octanol–water partition coefficient (Wildman–Crippen LogP) is 1.30. The summed E-state index contributed by atoms with van der Waals surface area (Å²) in [5.41, 5.74) is 2.06. The van der Waals surface area contributed by atoms with Crippen LogP contribution in [-0.2, 0) is 16.4 Å². The molecule has 0 saturated heterocycles. The van der Waals surface area contributed by atoms with E-state index >= 15 is 0 Å². The number of nitrogens with one attached hydrogen (secondary N) is 1. The minimum absolute atomic E-state index is 0.418. The fourth-order valence-corrected chi connectivity index (χ4v) is 1.68. The number of rotatable bonds is 5. The van der Waals surface area contributed by atoms with Crippen molar-refractivity contribution in [1.29, 1.82) is 0 Å². The first-order valence-electron chi connectivity index (χ1n) is 5.55. The number of hydrogen-bond donors (Lipinski definition) is 1. The molecule has 96 valence electrons. The van der Waals surface area contributed by atoms with Crippen LogP contribution in [0.25, 0.3) is 0 Å². The minimum Gasteiger partial charge on any atom is -0.310 e. The third-order valence-electron chi connectivity index (χ3n) is 2.96. The molecule has 5 heteroatoms. The summed E-state index contributed by atoms with van der Waals surface area (Å²) in [4.78, 5) is 4.25. The first-order valence-corrected chi connectivity index (χ1v) is 7.44. The summed E-state index contributed by atoms with van der Waals surface area (Å²) in [5, 5.41) is 3.15. The van der Waals surface area contributed by atoms with Crippen molar-refractivity contribution in [2.45, 2.75) is 32.1 Å². The van der Waals surface area contributed by atoms with E-state index in [1.54, 1.807) is 20.0 Å². The van der Waals surface area contributed by atoms with Crippen molar-refractivity contribution in [2.24, 2.45) is 0 Å². The molecule has 0 aliphatic carbocycles. The van der Waals surface area contributed by atoms with Crippen LogP contribution in [-0.4, -0.2) is 30.9 Å². The average molecular weight is 256 g/mol. The van der Waals surface area contributed by atoms with Crippen LogP contribution in [0.3, 0.4) is 0 Å². The Hall–Kier alpha value is -0.940. The summed E-state index contributed by atoms with van der Waals surface area (Å²) in [6, 6.07) is 3.88. The first-order chi connectivity index (χ1) is 7.74. The van der Waals surface area contributed by atoms with Gasteiger partial charge in [0.15, 0.2) is 9.84 Å². The monoisotopic (exact) mass is 256 g/mol. The lowest BCUT2D eigenvalue weighted by atomic mass is 10.2. The molecular weight excluding hydrogens is 236 g/mol. The van der Waals surface area contributed by atoms with E-state index in [1.165, 1.54) is 6.26 Å². The van der Waals surface area contributed by atoms with Gasteiger partial charge in [-0.2, -0.15) is 0 Å². The normalized spacial score (nSPS) is 12.7. The smallest absolute Gasteiger partial charge is 0.153 e. The van der Waals surface area contributed by atoms with Crippen LogP contribution in [0.15, 0.2) is 18.3 Å². The van der Waals surface area contributed by atoms with Crippen molar-refractivity contribution in [3.63, 3.8) is 0 Å². The van der Waals surface area contributed by atoms with Gasteiger partial charge in [0.05, 0.1) is 10.4 Å². The molecule has 1 N–H and O–H groups in total. The van der Waals surface area contributed by atoms with E-state index < -0.39 is 14.6 Å². The molecule has 0 radical (unpaired) electrons. The van der Waals surface area contributed by atoms with Crippen molar-refractivity contribution in [3.05, 3.63) is 29.6 Å². The Morgan fingerprint density at radius 3 is 2.59 bits per heavy atom. The van der Waals surface area contributed by atoms with E-state index in [9.17, 15) is 8.42 Å². The number of hydrogen-bond acceptors (Lipinski definition) is 4. The van der Waals surface area contributed by atoms with Gasteiger partial charge in [-0.15, -0.1) is 0 Å². The second kappa shape index (κ2) is 5.14. The zero-order valence-electron chi connectivity index (χ0n) is 10.8. The Kier molecular flexibility index (Phi) is 4.27. The summed E-state index contributed by atoms with van der Waals surface area (Å²) >= 11 is 0. The SMILES string of the molecule is Cc1cccnc1CNCC(C)(C)S(C)(=O)=O. The van der Waals surface area contributed by atoms with Crippen LogP contribution in [0.5, 0.6) is 0 Å². The Bertz CT molecular complexity index is 481. The zero-order chi connectivity index (χ0) is 13.1. The maximum atomic E-state index is 11.5. The van der Waals surface area contributed by atoms with E-state index in [0.29, 0.717) is 13.1 Å². The summed E-state index contributed by atoms with van der Waals surface area (Å²) in [5.74, 6) is 0. The maximum absolute atomic E-state index is 11.5. The maximum Gasteiger partial charge on any atom is 0.153 e. The molecule has 0 saturated carbocycles. The lowest BCUT2D eigenvalue weighted by molar-refractivity contribution is 0.519. The van der Waals surface area contributed by atoms with Crippen LogP contribution in [0.4, 0.5) is 0 Å². The predicted molar refractivity (Wildman–Crippen MR) is 69.6 cm³/mol. The molecule has 0 aromatic carbocycles. The minimum atomic E-state index is -3.05. The molecule has 0 atom stereocenters.